The lowest BCUT2D eigenvalue weighted by atomic mass is 10.5. The fourth-order valence-corrected chi connectivity index (χ4v) is 0.622. The number of aliphatic carboxylic acids is 1. The van der Waals surface area contributed by atoms with E-state index in [4.69, 9.17) is 15.6 Å². The summed E-state index contributed by atoms with van der Waals surface area (Å²) < 4.78 is 32.7. The molecule has 0 unspecified atom stereocenters. The van der Waals surface area contributed by atoms with E-state index in [2.05, 4.69) is 20.9 Å². The van der Waals surface area contributed by atoms with Gasteiger partial charge >= 0.3 is 12.1 Å². The summed E-state index contributed by atoms with van der Waals surface area (Å²) in [6, 6.07) is 3.59. The van der Waals surface area contributed by atoms with E-state index in [0.717, 1.165) is 4.47 Å². The van der Waals surface area contributed by atoms with Gasteiger partial charge < -0.3 is 10.8 Å². The van der Waals surface area contributed by atoms with Crippen molar-refractivity contribution in [1.82, 2.24) is 4.98 Å². The molecule has 0 amide bonds. The van der Waals surface area contributed by atoms with E-state index >= 15 is 0 Å². The Balaban J connectivity index is 0.000000265. The van der Waals surface area contributed by atoms with Crippen molar-refractivity contribution >= 4 is 27.7 Å². The molecule has 84 valence electrons. The molecular formula is C7H6BrF3N2O2. The molecule has 1 rings (SSSR count). The minimum absolute atomic E-state index is 0.549. The van der Waals surface area contributed by atoms with Crippen LogP contribution < -0.4 is 5.73 Å². The van der Waals surface area contributed by atoms with Crippen LogP contribution in [-0.2, 0) is 4.79 Å². The number of pyridine rings is 1. The van der Waals surface area contributed by atoms with Crippen LogP contribution in [0.15, 0.2) is 22.8 Å². The van der Waals surface area contributed by atoms with E-state index in [1.54, 1.807) is 12.3 Å². The average Bonchev–Trinajstić information content (AvgIpc) is 2.09. The zero-order chi connectivity index (χ0) is 12.1. The SMILES string of the molecule is Nc1ccc(Br)cn1.O=C(O)C(F)(F)F. The first-order valence-electron chi connectivity index (χ1n) is 3.40. The highest BCUT2D eigenvalue weighted by atomic mass is 79.9. The summed E-state index contributed by atoms with van der Waals surface area (Å²) in [6.45, 7) is 0. The number of aromatic nitrogens is 1. The van der Waals surface area contributed by atoms with Crippen LogP contribution in [0.25, 0.3) is 0 Å². The maximum absolute atomic E-state index is 10.6. The molecule has 8 heteroatoms. The van der Waals surface area contributed by atoms with E-state index in [1.165, 1.54) is 0 Å². The molecule has 3 N–H and O–H groups in total. The van der Waals surface area contributed by atoms with Crippen LogP contribution in [0.4, 0.5) is 19.0 Å². The first kappa shape index (κ1) is 13.7. The van der Waals surface area contributed by atoms with Crippen LogP contribution in [0.3, 0.4) is 0 Å². The van der Waals surface area contributed by atoms with Gasteiger partial charge in [0.1, 0.15) is 5.82 Å². The molecule has 1 aromatic rings. The highest BCUT2D eigenvalue weighted by molar-refractivity contribution is 9.10. The van der Waals surface area contributed by atoms with Gasteiger partial charge in [-0.25, -0.2) is 9.78 Å². The van der Waals surface area contributed by atoms with Gasteiger partial charge in [-0.05, 0) is 28.1 Å². The minimum Gasteiger partial charge on any atom is -0.475 e. The van der Waals surface area contributed by atoms with Crippen molar-refractivity contribution in [3.63, 3.8) is 0 Å². The standard InChI is InChI=1S/C5H5BrN2.C2HF3O2/c6-4-1-2-5(7)8-3-4;3-2(4,5)1(6)7/h1-3H,(H2,7,8);(H,6,7). The Bertz CT molecular complexity index is 305. The molecule has 0 saturated carbocycles. The van der Waals surface area contributed by atoms with Crippen LogP contribution in [0.5, 0.6) is 0 Å². The molecule has 0 spiro atoms. The van der Waals surface area contributed by atoms with E-state index in [-0.39, 0.29) is 0 Å². The summed E-state index contributed by atoms with van der Waals surface area (Å²) in [5, 5.41) is 7.12. The molecule has 1 heterocycles. The first-order valence-corrected chi connectivity index (χ1v) is 4.20. The number of rotatable bonds is 0. The highest BCUT2D eigenvalue weighted by Crippen LogP contribution is 2.13. The van der Waals surface area contributed by atoms with Gasteiger partial charge in [0, 0.05) is 10.7 Å². The molecule has 15 heavy (non-hydrogen) atoms. The predicted molar refractivity (Wildman–Crippen MR) is 50.0 cm³/mol. The predicted octanol–water partition coefficient (Wildman–Crippen LogP) is 2.06. The van der Waals surface area contributed by atoms with Crippen LogP contribution >= 0.6 is 15.9 Å². The lowest BCUT2D eigenvalue weighted by Gasteiger charge is -1.93. The number of carboxylic acid groups (broad SMARTS) is 1. The Hall–Kier alpha value is -1.31. The molecule has 0 aliphatic carbocycles. The highest BCUT2D eigenvalue weighted by Gasteiger charge is 2.38. The lowest BCUT2D eigenvalue weighted by Crippen LogP contribution is -2.21. The molecule has 0 atom stereocenters. The molecular weight excluding hydrogens is 281 g/mol. The fourth-order valence-electron chi connectivity index (χ4n) is 0.387. The number of nitrogens with two attached hydrogens (primary N) is 1. The topological polar surface area (TPSA) is 76.2 Å². The Morgan fingerprint density at radius 2 is 1.93 bits per heavy atom. The third-order valence-corrected chi connectivity index (χ3v) is 1.46. The smallest absolute Gasteiger partial charge is 0.475 e. The quantitative estimate of drug-likeness (QED) is 0.765. The van der Waals surface area contributed by atoms with Crippen molar-refractivity contribution < 1.29 is 23.1 Å². The maximum atomic E-state index is 10.6. The van der Waals surface area contributed by atoms with Crippen molar-refractivity contribution in [2.24, 2.45) is 0 Å². The summed E-state index contributed by atoms with van der Waals surface area (Å²) in [5.41, 5.74) is 5.29. The summed E-state index contributed by atoms with van der Waals surface area (Å²) >= 11 is 3.23. The molecule has 0 aliphatic heterocycles. The van der Waals surface area contributed by atoms with Gasteiger partial charge in [0.25, 0.3) is 0 Å². The molecule has 4 nitrogen and oxygen atoms in total. The van der Waals surface area contributed by atoms with E-state index < -0.39 is 12.1 Å². The summed E-state index contributed by atoms with van der Waals surface area (Å²) in [4.78, 5) is 12.7. The molecule has 0 saturated heterocycles. The number of hydrogen-bond donors (Lipinski definition) is 2. The van der Waals surface area contributed by atoms with Crippen molar-refractivity contribution in [2.45, 2.75) is 6.18 Å². The van der Waals surface area contributed by atoms with Crippen LogP contribution in [-0.4, -0.2) is 22.2 Å². The van der Waals surface area contributed by atoms with Gasteiger partial charge in [0.2, 0.25) is 0 Å². The van der Waals surface area contributed by atoms with Gasteiger partial charge in [-0.15, -0.1) is 0 Å². The van der Waals surface area contributed by atoms with E-state index in [9.17, 15) is 13.2 Å². The van der Waals surface area contributed by atoms with Gasteiger partial charge in [-0.2, -0.15) is 13.2 Å². The summed E-state index contributed by atoms with van der Waals surface area (Å²) in [6.07, 6.45) is -3.42. The van der Waals surface area contributed by atoms with Gasteiger partial charge in [-0.1, -0.05) is 0 Å². The van der Waals surface area contributed by atoms with Crippen LogP contribution in [0.2, 0.25) is 0 Å². The van der Waals surface area contributed by atoms with Gasteiger partial charge in [0.05, 0.1) is 0 Å². The second-order valence-electron chi connectivity index (χ2n) is 2.20. The zero-order valence-electron chi connectivity index (χ0n) is 7.12. The zero-order valence-corrected chi connectivity index (χ0v) is 8.71. The van der Waals surface area contributed by atoms with Crippen molar-refractivity contribution in [1.29, 1.82) is 0 Å². The largest absolute Gasteiger partial charge is 0.490 e. The van der Waals surface area contributed by atoms with Crippen molar-refractivity contribution in [2.75, 3.05) is 5.73 Å². The number of carbonyl (C=O) groups is 1. The molecule has 1 aromatic heterocycles. The first-order chi connectivity index (χ1) is 6.73. The van der Waals surface area contributed by atoms with E-state index in [0.29, 0.717) is 5.82 Å². The Morgan fingerprint density at radius 1 is 1.47 bits per heavy atom. The van der Waals surface area contributed by atoms with Crippen molar-refractivity contribution in [3.05, 3.63) is 22.8 Å². The molecule has 0 aromatic carbocycles. The van der Waals surface area contributed by atoms with Crippen LogP contribution in [0.1, 0.15) is 0 Å². The number of hydrogen-bond acceptors (Lipinski definition) is 3. The Morgan fingerprint density at radius 3 is 2.13 bits per heavy atom. The third kappa shape index (κ3) is 6.72. The minimum atomic E-state index is -5.08. The molecule has 0 radical (unpaired) electrons. The normalized spacial score (nSPS) is 10.1. The Kier molecular flexibility index (Phi) is 5.06. The van der Waals surface area contributed by atoms with E-state index in [1.807, 2.05) is 6.07 Å². The third-order valence-electron chi connectivity index (χ3n) is 0.993. The van der Waals surface area contributed by atoms with Crippen molar-refractivity contribution in [3.8, 4) is 0 Å². The molecule has 0 aliphatic rings. The number of carboxylic acids is 1. The second kappa shape index (κ2) is 5.54. The number of halogens is 4. The second-order valence-corrected chi connectivity index (χ2v) is 3.12. The summed E-state index contributed by atoms with van der Waals surface area (Å²) in [7, 11) is 0. The average molecular weight is 287 g/mol. The number of nitrogens with zero attached hydrogens (tertiary/aromatic N) is 1. The number of alkyl halides is 3. The lowest BCUT2D eigenvalue weighted by molar-refractivity contribution is -0.192. The Labute approximate surface area is 91.0 Å². The summed E-state index contributed by atoms with van der Waals surface area (Å²) in [5.74, 6) is -2.21. The van der Waals surface area contributed by atoms with Crippen LogP contribution in [0, 0.1) is 0 Å². The monoisotopic (exact) mass is 286 g/mol. The fraction of sp³-hybridized carbons (Fsp3) is 0.143. The molecule has 0 bridgehead atoms. The number of nitrogen functional groups attached to an aromatic ring is 1. The maximum Gasteiger partial charge on any atom is 0.490 e. The van der Waals surface area contributed by atoms with Gasteiger partial charge in [-0.3, -0.25) is 0 Å². The number of anilines is 1. The molecule has 0 fully saturated rings. The van der Waals surface area contributed by atoms with Gasteiger partial charge in [0.15, 0.2) is 0 Å².